The minimum absolute atomic E-state index is 0.0297. The topological polar surface area (TPSA) is 93.0 Å². The van der Waals surface area contributed by atoms with Crippen LogP contribution < -0.4 is 10.7 Å². The monoisotopic (exact) mass is 224 g/mol. The van der Waals surface area contributed by atoms with Crippen LogP contribution in [0.1, 0.15) is 0 Å². The fraction of sp³-hybridized carbons (Fsp3) is 0. The first-order chi connectivity index (χ1) is 6.97. The molecule has 1 heterocycles. The van der Waals surface area contributed by atoms with Gasteiger partial charge in [-0.25, -0.2) is 13.6 Å². The van der Waals surface area contributed by atoms with Crippen molar-refractivity contribution < 1.29 is 8.42 Å². The number of aromatic nitrogens is 1. The lowest BCUT2D eigenvalue weighted by Gasteiger charge is -2.00. The van der Waals surface area contributed by atoms with Crippen LogP contribution in [0.3, 0.4) is 0 Å². The number of benzene rings is 1. The molecule has 0 atom stereocenters. The van der Waals surface area contributed by atoms with E-state index in [-0.39, 0.29) is 10.5 Å². The second-order valence-corrected chi connectivity index (χ2v) is 4.68. The molecule has 0 radical (unpaired) electrons. The number of rotatable bonds is 1. The van der Waals surface area contributed by atoms with Crippen molar-refractivity contribution in [2.24, 2.45) is 5.14 Å². The second-order valence-electron chi connectivity index (χ2n) is 3.12. The van der Waals surface area contributed by atoms with Gasteiger partial charge in [-0.2, -0.15) is 0 Å². The van der Waals surface area contributed by atoms with E-state index in [1.54, 1.807) is 6.07 Å². The third-order valence-corrected chi connectivity index (χ3v) is 2.93. The Balaban J connectivity index is 2.78. The number of H-pyrrole nitrogens is 1. The minimum Gasteiger partial charge on any atom is -0.322 e. The summed E-state index contributed by atoms with van der Waals surface area (Å²) in [6.07, 6.45) is 0. The number of pyridine rings is 1. The molecule has 0 saturated carbocycles. The number of sulfonamides is 1. The molecule has 0 unspecified atom stereocenters. The van der Waals surface area contributed by atoms with Crippen LogP contribution in [0.15, 0.2) is 40.0 Å². The Morgan fingerprint density at radius 2 is 1.87 bits per heavy atom. The highest BCUT2D eigenvalue weighted by Crippen LogP contribution is 2.14. The van der Waals surface area contributed by atoms with Crippen molar-refractivity contribution in [2.75, 3.05) is 0 Å². The molecule has 5 nitrogen and oxygen atoms in total. The summed E-state index contributed by atoms with van der Waals surface area (Å²) in [5.74, 6) is 0. The second kappa shape index (κ2) is 3.18. The van der Waals surface area contributed by atoms with Gasteiger partial charge in [0.05, 0.1) is 4.90 Å². The van der Waals surface area contributed by atoms with E-state index in [2.05, 4.69) is 4.98 Å². The van der Waals surface area contributed by atoms with Crippen molar-refractivity contribution in [2.45, 2.75) is 4.90 Å². The first-order valence-corrected chi connectivity index (χ1v) is 5.67. The Morgan fingerprint density at radius 1 is 1.13 bits per heavy atom. The molecule has 0 aliphatic carbocycles. The predicted molar refractivity (Wildman–Crippen MR) is 55.9 cm³/mol. The summed E-state index contributed by atoms with van der Waals surface area (Å²) < 4.78 is 22.1. The zero-order valence-electron chi connectivity index (χ0n) is 7.60. The summed E-state index contributed by atoms with van der Waals surface area (Å²) in [4.78, 5) is 13.6. The van der Waals surface area contributed by atoms with E-state index >= 15 is 0 Å². The Kier molecular flexibility index (Phi) is 2.09. The van der Waals surface area contributed by atoms with Gasteiger partial charge >= 0.3 is 0 Å². The molecule has 3 N–H and O–H groups in total. The minimum atomic E-state index is -3.70. The molecule has 1 aromatic carbocycles. The first-order valence-electron chi connectivity index (χ1n) is 4.13. The lowest BCUT2D eigenvalue weighted by Crippen LogP contribution is -2.12. The third kappa shape index (κ3) is 1.90. The van der Waals surface area contributed by atoms with E-state index < -0.39 is 10.0 Å². The van der Waals surface area contributed by atoms with Gasteiger partial charge < -0.3 is 4.98 Å². The van der Waals surface area contributed by atoms with E-state index in [1.807, 2.05) is 0 Å². The quantitative estimate of drug-likeness (QED) is 0.723. The predicted octanol–water partition coefficient (Wildman–Crippen LogP) is 0.176. The number of primary sulfonamides is 1. The van der Waals surface area contributed by atoms with Crippen molar-refractivity contribution in [3.63, 3.8) is 0 Å². The molecule has 0 fully saturated rings. The molecule has 15 heavy (non-hydrogen) atoms. The van der Waals surface area contributed by atoms with E-state index in [9.17, 15) is 13.2 Å². The normalized spacial score (nSPS) is 11.8. The fourth-order valence-corrected chi connectivity index (χ4v) is 1.86. The number of nitrogens with two attached hydrogens (primary N) is 1. The van der Waals surface area contributed by atoms with Crippen LogP contribution in [0.4, 0.5) is 0 Å². The molecule has 2 aromatic rings. The summed E-state index contributed by atoms with van der Waals surface area (Å²) in [7, 11) is -3.70. The molecule has 6 heteroatoms. The van der Waals surface area contributed by atoms with Gasteiger partial charge in [-0.15, -0.1) is 0 Å². The maximum atomic E-state index is 11.0. The summed E-state index contributed by atoms with van der Waals surface area (Å²) in [6, 6.07) is 7.16. The van der Waals surface area contributed by atoms with Gasteiger partial charge in [0.1, 0.15) is 0 Å². The molecule has 0 aliphatic heterocycles. The third-order valence-electron chi connectivity index (χ3n) is 2.02. The lowest BCUT2D eigenvalue weighted by molar-refractivity contribution is 0.598. The summed E-state index contributed by atoms with van der Waals surface area (Å²) >= 11 is 0. The molecular formula is C9H8N2O3S. The average Bonchev–Trinajstić information content (AvgIpc) is 2.15. The molecule has 0 saturated heterocycles. The molecule has 2 rings (SSSR count). The Hall–Kier alpha value is -1.66. The molecule has 78 valence electrons. The molecule has 0 aliphatic rings. The van der Waals surface area contributed by atoms with E-state index in [0.717, 1.165) is 0 Å². The summed E-state index contributed by atoms with van der Waals surface area (Å²) in [5, 5.41) is 5.60. The van der Waals surface area contributed by atoms with Gasteiger partial charge in [0.15, 0.2) is 0 Å². The molecule has 1 aromatic heterocycles. The standard InChI is InChI=1S/C9H8N2O3S/c10-15(13,14)7-2-3-8-6(5-7)1-4-9(12)11-8/h1-5H,(H,11,12)(H2,10,13,14). The highest BCUT2D eigenvalue weighted by molar-refractivity contribution is 7.89. The molecule has 0 spiro atoms. The maximum Gasteiger partial charge on any atom is 0.248 e. The summed E-state index contributed by atoms with van der Waals surface area (Å²) in [6.45, 7) is 0. The fourth-order valence-electron chi connectivity index (χ4n) is 1.31. The zero-order valence-corrected chi connectivity index (χ0v) is 8.41. The van der Waals surface area contributed by atoms with Gasteiger partial charge in [0.25, 0.3) is 0 Å². The molecule has 0 bridgehead atoms. The van der Waals surface area contributed by atoms with Crippen molar-refractivity contribution in [1.29, 1.82) is 0 Å². The maximum absolute atomic E-state index is 11.0. The van der Waals surface area contributed by atoms with Crippen LogP contribution in [0.25, 0.3) is 10.9 Å². The highest BCUT2D eigenvalue weighted by Gasteiger charge is 2.07. The summed E-state index contributed by atoms with van der Waals surface area (Å²) in [5.41, 5.74) is 0.348. The van der Waals surface area contributed by atoms with Gasteiger partial charge in [-0.3, -0.25) is 4.79 Å². The Morgan fingerprint density at radius 3 is 2.53 bits per heavy atom. The van der Waals surface area contributed by atoms with Gasteiger partial charge in [0, 0.05) is 11.6 Å². The number of nitrogens with one attached hydrogen (secondary N) is 1. The smallest absolute Gasteiger partial charge is 0.248 e. The van der Waals surface area contributed by atoms with Crippen molar-refractivity contribution >= 4 is 20.9 Å². The van der Waals surface area contributed by atoms with Crippen LogP contribution in [0.5, 0.6) is 0 Å². The number of aromatic amines is 1. The lowest BCUT2D eigenvalue weighted by atomic mass is 10.2. The highest BCUT2D eigenvalue weighted by atomic mass is 32.2. The number of fused-ring (bicyclic) bond motifs is 1. The first kappa shape index (κ1) is 9.88. The van der Waals surface area contributed by atoms with E-state index in [1.165, 1.54) is 24.3 Å². The van der Waals surface area contributed by atoms with Gasteiger partial charge in [0.2, 0.25) is 15.6 Å². The molecule has 0 amide bonds. The molecular weight excluding hydrogens is 216 g/mol. The van der Waals surface area contributed by atoms with Gasteiger partial charge in [-0.05, 0) is 29.7 Å². The largest absolute Gasteiger partial charge is 0.322 e. The average molecular weight is 224 g/mol. The Bertz CT molecular complexity index is 673. The van der Waals surface area contributed by atoms with E-state index in [0.29, 0.717) is 10.9 Å². The van der Waals surface area contributed by atoms with Crippen LogP contribution in [0, 0.1) is 0 Å². The van der Waals surface area contributed by atoms with Crippen molar-refractivity contribution in [3.8, 4) is 0 Å². The Labute approximate surface area is 85.6 Å². The van der Waals surface area contributed by atoms with Crippen LogP contribution in [-0.4, -0.2) is 13.4 Å². The van der Waals surface area contributed by atoms with Crippen molar-refractivity contribution in [3.05, 3.63) is 40.7 Å². The van der Waals surface area contributed by atoms with Crippen LogP contribution >= 0.6 is 0 Å². The van der Waals surface area contributed by atoms with Gasteiger partial charge in [-0.1, -0.05) is 0 Å². The van der Waals surface area contributed by atoms with Crippen LogP contribution in [-0.2, 0) is 10.0 Å². The van der Waals surface area contributed by atoms with Crippen LogP contribution in [0.2, 0.25) is 0 Å². The zero-order chi connectivity index (χ0) is 11.1. The number of hydrogen-bond donors (Lipinski definition) is 2. The van der Waals surface area contributed by atoms with Crippen molar-refractivity contribution in [1.82, 2.24) is 4.98 Å². The van der Waals surface area contributed by atoms with E-state index in [4.69, 9.17) is 5.14 Å². The number of hydrogen-bond acceptors (Lipinski definition) is 3. The SMILES string of the molecule is NS(=O)(=O)c1ccc2[nH]c(=O)ccc2c1.